The van der Waals surface area contributed by atoms with E-state index in [9.17, 15) is 0 Å². The van der Waals surface area contributed by atoms with Crippen LogP contribution in [-0.4, -0.2) is 25.0 Å². The van der Waals surface area contributed by atoms with Gasteiger partial charge in [0.2, 0.25) is 0 Å². The summed E-state index contributed by atoms with van der Waals surface area (Å²) in [5.74, 6) is 3.86. The fraction of sp³-hybridized carbons (Fsp3) is 1.00. The Morgan fingerprint density at radius 1 is 1.00 bits per heavy atom. The first kappa shape index (κ1) is 11.4. The number of hydrogen-bond donors (Lipinski definition) is 0. The van der Waals surface area contributed by atoms with Crippen molar-refractivity contribution in [2.75, 3.05) is 20.1 Å². The zero-order chi connectivity index (χ0) is 10.8. The SMILES string of the molecule is CC1CC2CCCC(C1)C(C)CN(C)C2. The van der Waals surface area contributed by atoms with Crippen LogP contribution in [0.25, 0.3) is 0 Å². The summed E-state index contributed by atoms with van der Waals surface area (Å²) in [6.07, 6.45) is 7.44. The fourth-order valence-electron chi connectivity index (χ4n) is 3.93. The molecule has 4 unspecified atom stereocenters. The third kappa shape index (κ3) is 2.96. The molecule has 0 aromatic rings. The van der Waals surface area contributed by atoms with Crippen molar-refractivity contribution in [2.45, 2.75) is 46.0 Å². The first-order chi connectivity index (χ1) is 7.15. The molecule has 88 valence electrons. The van der Waals surface area contributed by atoms with Gasteiger partial charge in [-0.2, -0.15) is 0 Å². The molecule has 0 aromatic heterocycles. The molecule has 1 heteroatoms. The lowest BCUT2D eigenvalue weighted by atomic mass is 9.77. The second-order valence-electron chi connectivity index (χ2n) is 6.33. The molecular weight excluding hydrogens is 182 g/mol. The van der Waals surface area contributed by atoms with E-state index in [1.807, 2.05) is 0 Å². The predicted octanol–water partition coefficient (Wildman–Crippen LogP) is 3.40. The Morgan fingerprint density at radius 3 is 2.60 bits per heavy atom. The quantitative estimate of drug-likeness (QED) is 0.591. The summed E-state index contributed by atoms with van der Waals surface area (Å²) in [5.41, 5.74) is 0. The van der Waals surface area contributed by atoms with Gasteiger partial charge in [-0.15, -0.1) is 0 Å². The molecule has 0 N–H and O–H groups in total. The second-order valence-corrected chi connectivity index (χ2v) is 6.33. The smallest absolute Gasteiger partial charge is 0.000682 e. The predicted molar refractivity (Wildman–Crippen MR) is 65.9 cm³/mol. The van der Waals surface area contributed by atoms with Gasteiger partial charge in [0, 0.05) is 13.1 Å². The van der Waals surface area contributed by atoms with E-state index in [2.05, 4.69) is 25.8 Å². The lowest BCUT2D eigenvalue weighted by Gasteiger charge is -2.28. The van der Waals surface area contributed by atoms with E-state index >= 15 is 0 Å². The standard InChI is InChI=1S/C14H27N/c1-11-7-13-5-4-6-14(8-11)12(2)9-15(3)10-13/h11-14H,4-10H2,1-3H3. The van der Waals surface area contributed by atoms with Crippen molar-refractivity contribution in [3.8, 4) is 0 Å². The van der Waals surface area contributed by atoms with Gasteiger partial charge in [0.25, 0.3) is 0 Å². The van der Waals surface area contributed by atoms with E-state index in [1.165, 1.54) is 45.2 Å². The average Bonchev–Trinajstić information content (AvgIpc) is 2.19. The van der Waals surface area contributed by atoms with Gasteiger partial charge < -0.3 is 4.90 Å². The van der Waals surface area contributed by atoms with Crippen molar-refractivity contribution >= 4 is 0 Å². The van der Waals surface area contributed by atoms with E-state index < -0.39 is 0 Å². The fourth-order valence-corrected chi connectivity index (χ4v) is 3.93. The van der Waals surface area contributed by atoms with Gasteiger partial charge >= 0.3 is 0 Å². The van der Waals surface area contributed by atoms with Crippen LogP contribution in [0.4, 0.5) is 0 Å². The molecule has 1 aliphatic carbocycles. The molecule has 3 fully saturated rings. The van der Waals surface area contributed by atoms with E-state index in [4.69, 9.17) is 0 Å². The Kier molecular flexibility index (Phi) is 3.71. The molecule has 0 radical (unpaired) electrons. The Hall–Kier alpha value is -0.0400. The van der Waals surface area contributed by atoms with Crippen molar-refractivity contribution in [3.63, 3.8) is 0 Å². The zero-order valence-corrected chi connectivity index (χ0v) is 10.7. The highest BCUT2D eigenvalue weighted by Gasteiger charge is 2.28. The Labute approximate surface area is 95.2 Å². The third-order valence-corrected chi connectivity index (χ3v) is 4.60. The first-order valence-corrected chi connectivity index (χ1v) is 6.83. The topological polar surface area (TPSA) is 3.24 Å². The normalized spacial score (nSPS) is 44.2. The van der Waals surface area contributed by atoms with Crippen LogP contribution in [0.5, 0.6) is 0 Å². The average molecular weight is 209 g/mol. The van der Waals surface area contributed by atoms with Gasteiger partial charge in [-0.05, 0) is 50.0 Å². The molecule has 2 saturated heterocycles. The molecule has 0 amide bonds. The summed E-state index contributed by atoms with van der Waals surface area (Å²) in [5, 5.41) is 0. The van der Waals surface area contributed by atoms with Crippen LogP contribution >= 0.6 is 0 Å². The molecule has 3 rings (SSSR count). The first-order valence-electron chi connectivity index (χ1n) is 6.83. The minimum atomic E-state index is 0.911. The van der Waals surface area contributed by atoms with Crippen molar-refractivity contribution in [1.29, 1.82) is 0 Å². The summed E-state index contributed by atoms with van der Waals surface area (Å²) >= 11 is 0. The lowest BCUT2D eigenvalue weighted by Crippen LogP contribution is -2.29. The Morgan fingerprint density at radius 2 is 1.80 bits per heavy atom. The van der Waals surface area contributed by atoms with Gasteiger partial charge in [0.15, 0.2) is 0 Å². The van der Waals surface area contributed by atoms with Crippen LogP contribution in [0.3, 0.4) is 0 Å². The highest BCUT2D eigenvalue weighted by molar-refractivity contribution is 4.81. The molecule has 2 aliphatic heterocycles. The molecule has 3 aliphatic rings. The number of fused-ring (bicyclic) bond motifs is 7. The molecule has 1 nitrogen and oxygen atoms in total. The van der Waals surface area contributed by atoms with Crippen molar-refractivity contribution in [2.24, 2.45) is 23.7 Å². The van der Waals surface area contributed by atoms with Gasteiger partial charge in [0.1, 0.15) is 0 Å². The van der Waals surface area contributed by atoms with Crippen molar-refractivity contribution in [1.82, 2.24) is 4.90 Å². The van der Waals surface area contributed by atoms with Crippen LogP contribution in [0.15, 0.2) is 0 Å². The highest BCUT2D eigenvalue weighted by Crippen LogP contribution is 2.36. The minimum absolute atomic E-state index is 0.911. The van der Waals surface area contributed by atoms with Gasteiger partial charge in [-0.1, -0.05) is 26.7 Å². The summed E-state index contributed by atoms with van der Waals surface area (Å²) in [6, 6.07) is 0. The van der Waals surface area contributed by atoms with Crippen molar-refractivity contribution < 1.29 is 0 Å². The van der Waals surface area contributed by atoms with E-state index in [0.29, 0.717) is 0 Å². The molecule has 2 bridgehead atoms. The maximum atomic E-state index is 2.59. The summed E-state index contributed by atoms with van der Waals surface area (Å²) in [4.78, 5) is 2.59. The summed E-state index contributed by atoms with van der Waals surface area (Å²) in [7, 11) is 2.32. The minimum Gasteiger partial charge on any atom is -0.306 e. The van der Waals surface area contributed by atoms with Crippen LogP contribution in [0.1, 0.15) is 46.0 Å². The summed E-state index contributed by atoms with van der Waals surface area (Å²) in [6.45, 7) is 7.62. The van der Waals surface area contributed by atoms with Crippen molar-refractivity contribution in [3.05, 3.63) is 0 Å². The molecule has 15 heavy (non-hydrogen) atoms. The zero-order valence-electron chi connectivity index (χ0n) is 10.7. The maximum Gasteiger partial charge on any atom is 0.000682 e. The molecule has 1 saturated carbocycles. The molecule has 4 atom stereocenters. The monoisotopic (exact) mass is 209 g/mol. The molecule has 2 heterocycles. The summed E-state index contributed by atoms with van der Waals surface area (Å²) < 4.78 is 0. The van der Waals surface area contributed by atoms with Gasteiger partial charge in [-0.25, -0.2) is 0 Å². The third-order valence-electron chi connectivity index (χ3n) is 4.60. The largest absolute Gasteiger partial charge is 0.306 e. The Bertz CT molecular complexity index is 200. The number of rotatable bonds is 0. The van der Waals surface area contributed by atoms with Crippen LogP contribution in [0, 0.1) is 23.7 Å². The van der Waals surface area contributed by atoms with Crippen LogP contribution in [-0.2, 0) is 0 Å². The number of hydrogen-bond acceptors (Lipinski definition) is 1. The Balaban J connectivity index is 2.13. The molecular formula is C14H27N. The van der Waals surface area contributed by atoms with Gasteiger partial charge in [-0.3, -0.25) is 0 Å². The maximum absolute atomic E-state index is 2.59. The highest BCUT2D eigenvalue weighted by atomic mass is 15.1. The van der Waals surface area contributed by atoms with E-state index in [-0.39, 0.29) is 0 Å². The number of nitrogens with zero attached hydrogens (tertiary/aromatic N) is 1. The lowest BCUT2D eigenvalue weighted by molar-refractivity contribution is 0.223. The van der Waals surface area contributed by atoms with Crippen LogP contribution in [0.2, 0.25) is 0 Å². The van der Waals surface area contributed by atoms with Crippen LogP contribution < -0.4 is 0 Å². The molecule has 0 aromatic carbocycles. The van der Waals surface area contributed by atoms with E-state index in [0.717, 1.165) is 23.7 Å². The molecule has 0 spiro atoms. The second kappa shape index (κ2) is 4.86. The van der Waals surface area contributed by atoms with Gasteiger partial charge in [0.05, 0.1) is 0 Å². The van der Waals surface area contributed by atoms with E-state index in [1.54, 1.807) is 0 Å².